The number of nitrogens with zero attached hydrogens (tertiary/aromatic N) is 1. The highest BCUT2D eigenvalue weighted by atomic mass is 35.5. The molecule has 3 aromatic carbocycles. The summed E-state index contributed by atoms with van der Waals surface area (Å²) < 4.78 is 37.1. The van der Waals surface area contributed by atoms with Crippen LogP contribution in [0.25, 0.3) is 6.08 Å². The molecule has 3 aromatic rings. The molecule has 0 saturated carbocycles. The van der Waals surface area contributed by atoms with Gasteiger partial charge < -0.3 is 9.47 Å². The summed E-state index contributed by atoms with van der Waals surface area (Å²) in [5.41, 5.74) is 1.06. The first-order valence-corrected chi connectivity index (χ1v) is 11.3. The number of ether oxygens (including phenoxy) is 2. The van der Waals surface area contributed by atoms with Crippen LogP contribution in [-0.4, -0.2) is 15.5 Å². The molecule has 0 heterocycles. The molecular weight excluding hydrogens is 457 g/mol. The summed E-state index contributed by atoms with van der Waals surface area (Å²) in [5.74, 6) is 0.667. The number of rotatable bonds is 7. The van der Waals surface area contributed by atoms with Gasteiger partial charge in [0.15, 0.2) is 11.5 Å². The molecule has 0 unspecified atom stereocenters. The number of hydrogen-bond donors (Lipinski definition) is 0. The predicted molar refractivity (Wildman–Crippen MR) is 121 cm³/mol. The first-order chi connectivity index (χ1) is 14.9. The third kappa shape index (κ3) is 5.20. The van der Waals surface area contributed by atoms with Gasteiger partial charge in [-0.2, -0.15) is 5.26 Å². The zero-order valence-electron chi connectivity index (χ0n) is 16.4. The Bertz CT molecular complexity index is 1270. The lowest BCUT2D eigenvalue weighted by Crippen LogP contribution is -2.04. The monoisotopic (exact) mass is 473 g/mol. The molecular formula is C23H17Cl2NO4S. The smallest absolute Gasteiger partial charge is 0.216 e. The Kier molecular flexibility index (Phi) is 7.24. The van der Waals surface area contributed by atoms with E-state index >= 15 is 0 Å². The normalized spacial score (nSPS) is 11.6. The Morgan fingerprint density at radius 2 is 1.81 bits per heavy atom. The van der Waals surface area contributed by atoms with E-state index in [1.54, 1.807) is 60.7 Å². The maximum absolute atomic E-state index is 12.9. The van der Waals surface area contributed by atoms with Gasteiger partial charge in [-0.05, 0) is 36.4 Å². The predicted octanol–water partition coefficient (Wildman–Crippen LogP) is 5.92. The van der Waals surface area contributed by atoms with Crippen molar-refractivity contribution in [3.63, 3.8) is 0 Å². The van der Waals surface area contributed by atoms with Gasteiger partial charge in [0.1, 0.15) is 17.6 Å². The van der Waals surface area contributed by atoms with Gasteiger partial charge in [0.25, 0.3) is 0 Å². The van der Waals surface area contributed by atoms with Crippen molar-refractivity contribution in [3.8, 4) is 17.6 Å². The fourth-order valence-electron chi connectivity index (χ4n) is 2.79. The molecule has 31 heavy (non-hydrogen) atoms. The van der Waals surface area contributed by atoms with Crippen molar-refractivity contribution in [2.75, 3.05) is 7.11 Å². The highest BCUT2D eigenvalue weighted by Crippen LogP contribution is 2.35. The molecule has 0 amide bonds. The van der Waals surface area contributed by atoms with Gasteiger partial charge in [0, 0.05) is 21.2 Å². The lowest BCUT2D eigenvalue weighted by atomic mass is 10.1. The van der Waals surface area contributed by atoms with Gasteiger partial charge in [-0.15, -0.1) is 0 Å². The molecule has 0 saturated heterocycles. The number of hydrogen-bond acceptors (Lipinski definition) is 5. The summed E-state index contributed by atoms with van der Waals surface area (Å²) in [7, 11) is -2.53. The second-order valence-corrected chi connectivity index (χ2v) is 9.10. The Labute approximate surface area is 191 Å². The van der Waals surface area contributed by atoms with E-state index in [0.29, 0.717) is 26.9 Å². The summed E-state index contributed by atoms with van der Waals surface area (Å²) in [5, 5.41) is 10.5. The third-order valence-corrected chi connectivity index (χ3v) is 6.62. The second kappa shape index (κ2) is 9.88. The van der Waals surface area contributed by atoms with Gasteiger partial charge in [-0.25, -0.2) is 8.42 Å². The molecule has 5 nitrogen and oxygen atoms in total. The summed E-state index contributed by atoms with van der Waals surface area (Å²) >= 11 is 12.1. The van der Waals surface area contributed by atoms with Gasteiger partial charge in [0.2, 0.25) is 9.84 Å². The lowest BCUT2D eigenvalue weighted by molar-refractivity contribution is 0.284. The van der Waals surface area contributed by atoms with Crippen LogP contribution in [0.2, 0.25) is 10.0 Å². The Balaban J connectivity index is 2.02. The minimum atomic E-state index is -4.00. The van der Waals surface area contributed by atoms with Crippen LogP contribution in [0.4, 0.5) is 0 Å². The summed E-state index contributed by atoms with van der Waals surface area (Å²) in [6.45, 7) is 0.0878. The molecule has 0 N–H and O–H groups in total. The Morgan fingerprint density at radius 1 is 1.06 bits per heavy atom. The van der Waals surface area contributed by atoms with Crippen LogP contribution in [0.1, 0.15) is 11.1 Å². The van der Waals surface area contributed by atoms with Crippen LogP contribution < -0.4 is 9.47 Å². The highest BCUT2D eigenvalue weighted by molar-refractivity contribution is 7.95. The van der Waals surface area contributed by atoms with Crippen LogP contribution in [0, 0.1) is 11.3 Å². The minimum Gasteiger partial charge on any atom is -0.493 e. The van der Waals surface area contributed by atoms with E-state index in [1.165, 1.54) is 25.3 Å². The maximum Gasteiger partial charge on any atom is 0.216 e. The molecule has 0 atom stereocenters. The average molecular weight is 474 g/mol. The zero-order chi connectivity index (χ0) is 22.4. The number of methoxy groups -OCH3 is 1. The molecule has 0 aliphatic carbocycles. The van der Waals surface area contributed by atoms with Gasteiger partial charge in [-0.3, -0.25) is 0 Å². The molecule has 0 aliphatic rings. The minimum absolute atomic E-state index is 0.0288. The van der Waals surface area contributed by atoms with E-state index < -0.39 is 14.7 Å². The number of allylic oxidation sites excluding steroid dienone is 1. The molecule has 0 spiro atoms. The zero-order valence-corrected chi connectivity index (χ0v) is 18.7. The van der Waals surface area contributed by atoms with Crippen molar-refractivity contribution in [1.29, 1.82) is 5.26 Å². The lowest BCUT2D eigenvalue weighted by Gasteiger charge is -2.14. The molecule has 158 valence electrons. The van der Waals surface area contributed by atoms with E-state index in [9.17, 15) is 13.7 Å². The summed E-state index contributed by atoms with van der Waals surface area (Å²) in [6, 6.07) is 19.6. The first-order valence-electron chi connectivity index (χ1n) is 9.02. The van der Waals surface area contributed by atoms with Crippen molar-refractivity contribution in [3.05, 3.63) is 92.8 Å². The fourth-order valence-corrected chi connectivity index (χ4v) is 4.42. The quantitative estimate of drug-likeness (QED) is 0.398. The van der Waals surface area contributed by atoms with Gasteiger partial charge in [-0.1, -0.05) is 59.6 Å². The van der Waals surface area contributed by atoms with E-state index in [2.05, 4.69) is 0 Å². The standard InChI is InChI=1S/C23H17Cl2NO4S/c1-29-22-9-5-6-16(23(22)30-15-17-10-11-18(24)13-21(17)25)12-20(14-26)31(27,28)19-7-3-2-4-8-19/h2-13H,15H2,1H3. The molecule has 0 aromatic heterocycles. The van der Waals surface area contributed by atoms with E-state index in [0.717, 1.165) is 0 Å². The van der Waals surface area contributed by atoms with Crippen molar-refractivity contribution in [2.45, 2.75) is 11.5 Å². The largest absolute Gasteiger partial charge is 0.493 e. The molecule has 0 bridgehead atoms. The van der Waals surface area contributed by atoms with Crippen molar-refractivity contribution >= 4 is 39.1 Å². The molecule has 8 heteroatoms. The van der Waals surface area contributed by atoms with Gasteiger partial charge >= 0.3 is 0 Å². The first kappa shape index (κ1) is 22.7. The van der Waals surface area contributed by atoms with E-state index in [-0.39, 0.29) is 17.3 Å². The number of halogens is 2. The number of para-hydroxylation sites is 1. The molecule has 3 rings (SSSR count). The van der Waals surface area contributed by atoms with Crippen LogP contribution in [0.5, 0.6) is 11.5 Å². The fraction of sp³-hybridized carbons (Fsp3) is 0.0870. The Hall–Kier alpha value is -2.98. The van der Waals surface area contributed by atoms with Crippen LogP contribution in [0.15, 0.2) is 76.5 Å². The van der Waals surface area contributed by atoms with Crippen molar-refractivity contribution < 1.29 is 17.9 Å². The van der Waals surface area contributed by atoms with Crippen LogP contribution in [-0.2, 0) is 16.4 Å². The molecule has 0 aliphatic heterocycles. The van der Waals surface area contributed by atoms with Crippen molar-refractivity contribution in [1.82, 2.24) is 0 Å². The third-order valence-electron chi connectivity index (χ3n) is 4.36. The number of sulfone groups is 1. The molecule has 0 fully saturated rings. The SMILES string of the molecule is COc1cccc(C=C(C#N)S(=O)(=O)c2ccccc2)c1OCc1ccc(Cl)cc1Cl. The number of benzene rings is 3. The van der Waals surface area contributed by atoms with Crippen molar-refractivity contribution in [2.24, 2.45) is 0 Å². The van der Waals surface area contributed by atoms with E-state index in [4.69, 9.17) is 32.7 Å². The summed E-state index contributed by atoms with van der Waals surface area (Å²) in [6.07, 6.45) is 1.27. The Morgan fingerprint density at radius 3 is 2.45 bits per heavy atom. The van der Waals surface area contributed by atoms with Crippen LogP contribution >= 0.6 is 23.2 Å². The molecule has 0 radical (unpaired) electrons. The van der Waals surface area contributed by atoms with E-state index in [1.807, 2.05) is 0 Å². The number of nitriles is 1. The average Bonchev–Trinajstić information content (AvgIpc) is 2.77. The van der Waals surface area contributed by atoms with Crippen LogP contribution in [0.3, 0.4) is 0 Å². The maximum atomic E-state index is 12.9. The highest BCUT2D eigenvalue weighted by Gasteiger charge is 2.22. The summed E-state index contributed by atoms with van der Waals surface area (Å²) in [4.78, 5) is -0.387. The second-order valence-electron chi connectivity index (χ2n) is 6.34. The topological polar surface area (TPSA) is 76.4 Å². The van der Waals surface area contributed by atoms with Gasteiger partial charge in [0.05, 0.1) is 12.0 Å².